The lowest BCUT2D eigenvalue weighted by Gasteiger charge is -2.15. The van der Waals surface area contributed by atoms with E-state index in [1.54, 1.807) is 6.92 Å². The number of fused-ring (bicyclic) bond motifs is 1. The van der Waals surface area contributed by atoms with E-state index in [9.17, 15) is 0 Å². The Morgan fingerprint density at radius 2 is 2.12 bits per heavy atom. The van der Waals surface area contributed by atoms with Gasteiger partial charge < -0.3 is 20.8 Å². The van der Waals surface area contributed by atoms with Crippen molar-refractivity contribution in [2.75, 3.05) is 18.9 Å². The highest BCUT2D eigenvalue weighted by atomic mass is 16.7. The largest absolute Gasteiger partial charge is 0.402 e. The molecule has 0 aliphatic carbocycles. The summed E-state index contributed by atoms with van der Waals surface area (Å²) in [5.41, 5.74) is 6.42. The molecular formula is C9H13N5O3. The molecule has 4 N–H and O–H groups in total. The molecule has 0 atom stereocenters. The van der Waals surface area contributed by atoms with Gasteiger partial charge in [-0.05, 0) is 6.92 Å². The van der Waals surface area contributed by atoms with Gasteiger partial charge in [0.25, 0.3) is 0 Å². The van der Waals surface area contributed by atoms with Gasteiger partial charge in [0.15, 0.2) is 6.10 Å². The van der Waals surface area contributed by atoms with E-state index in [0.29, 0.717) is 17.0 Å². The quantitative estimate of drug-likeness (QED) is 0.593. The van der Waals surface area contributed by atoms with Gasteiger partial charge in [0.2, 0.25) is 11.6 Å². The molecule has 0 aliphatic heterocycles. The summed E-state index contributed by atoms with van der Waals surface area (Å²) in [5.74, 6) is 0.638. The summed E-state index contributed by atoms with van der Waals surface area (Å²) in [7, 11) is 0. The average molecular weight is 239 g/mol. The van der Waals surface area contributed by atoms with Gasteiger partial charge in [0.1, 0.15) is 11.3 Å². The van der Waals surface area contributed by atoms with Crippen LogP contribution in [0.4, 0.5) is 5.95 Å². The van der Waals surface area contributed by atoms with Crippen molar-refractivity contribution >= 4 is 17.1 Å². The zero-order chi connectivity index (χ0) is 12.4. The third-order valence-electron chi connectivity index (χ3n) is 2.20. The Balaban J connectivity index is 2.44. The molecule has 0 saturated heterocycles. The molecule has 8 heteroatoms. The Hall–Kier alpha value is -1.93. The number of hydrogen-bond acceptors (Lipinski definition) is 7. The highest BCUT2D eigenvalue weighted by molar-refractivity contribution is 5.71. The summed E-state index contributed by atoms with van der Waals surface area (Å²) in [5, 5.41) is 17.9. The van der Waals surface area contributed by atoms with Crippen molar-refractivity contribution in [2.24, 2.45) is 0 Å². The monoisotopic (exact) mass is 239 g/mol. The molecule has 0 bridgehead atoms. The Morgan fingerprint density at radius 3 is 2.76 bits per heavy atom. The molecule has 0 radical (unpaired) electrons. The maximum atomic E-state index is 8.97. The first-order valence-corrected chi connectivity index (χ1v) is 5.02. The van der Waals surface area contributed by atoms with Gasteiger partial charge in [0, 0.05) is 0 Å². The predicted molar refractivity (Wildman–Crippen MR) is 59.0 cm³/mol. The van der Waals surface area contributed by atoms with Crippen LogP contribution in [0.25, 0.3) is 11.2 Å². The summed E-state index contributed by atoms with van der Waals surface area (Å²) in [6.07, 6.45) is 0.750. The minimum absolute atomic E-state index is 0.104. The van der Waals surface area contributed by atoms with E-state index in [1.165, 1.54) is 10.9 Å². The molecule has 2 aromatic heterocycles. The second-order valence-corrected chi connectivity index (χ2v) is 3.48. The predicted octanol–water partition coefficient (Wildman–Crippen LogP) is -1.50. The van der Waals surface area contributed by atoms with Crippen LogP contribution >= 0.6 is 0 Å². The van der Waals surface area contributed by atoms with E-state index in [4.69, 9.17) is 20.8 Å². The van der Waals surface area contributed by atoms with Gasteiger partial charge in [-0.15, -0.1) is 4.73 Å². The van der Waals surface area contributed by atoms with Crippen LogP contribution in [-0.4, -0.2) is 49.2 Å². The van der Waals surface area contributed by atoms with Crippen LogP contribution in [-0.2, 0) is 0 Å². The summed E-state index contributed by atoms with van der Waals surface area (Å²) in [4.78, 5) is 17.3. The normalized spacial score (nSPS) is 11.3. The number of hydrogen-bond donors (Lipinski definition) is 3. The van der Waals surface area contributed by atoms with Gasteiger partial charge in [0.05, 0.1) is 19.4 Å². The number of imidazole rings is 1. The van der Waals surface area contributed by atoms with Crippen molar-refractivity contribution in [1.82, 2.24) is 19.7 Å². The van der Waals surface area contributed by atoms with E-state index in [2.05, 4.69) is 15.0 Å². The average Bonchev–Trinajstić information content (AvgIpc) is 2.62. The molecule has 0 fully saturated rings. The van der Waals surface area contributed by atoms with Crippen LogP contribution in [0.5, 0.6) is 0 Å². The van der Waals surface area contributed by atoms with Crippen molar-refractivity contribution in [3.05, 3.63) is 12.0 Å². The highest BCUT2D eigenvalue weighted by Crippen LogP contribution is 2.12. The molecule has 0 aromatic carbocycles. The molecule has 2 rings (SSSR count). The van der Waals surface area contributed by atoms with E-state index in [0.717, 1.165) is 0 Å². The Bertz CT molecular complexity index is 523. The van der Waals surface area contributed by atoms with Crippen LogP contribution in [0, 0.1) is 6.92 Å². The SMILES string of the molecule is Cc1nc2cnc(N)nc2n1OC(CO)CO. The topological polar surface area (TPSA) is 119 Å². The van der Waals surface area contributed by atoms with Crippen LogP contribution in [0.2, 0.25) is 0 Å². The lowest BCUT2D eigenvalue weighted by atomic mass is 10.4. The fraction of sp³-hybridized carbons (Fsp3) is 0.444. The maximum absolute atomic E-state index is 8.97. The Kier molecular flexibility index (Phi) is 3.07. The number of aromatic nitrogens is 4. The smallest absolute Gasteiger partial charge is 0.222 e. The number of rotatable bonds is 4. The molecule has 2 aromatic rings. The molecule has 0 spiro atoms. The third-order valence-corrected chi connectivity index (χ3v) is 2.20. The first-order valence-electron chi connectivity index (χ1n) is 5.02. The second kappa shape index (κ2) is 4.52. The molecule has 17 heavy (non-hydrogen) atoms. The standard InChI is InChI=1S/C9H13N5O3/c1-5-12-7-2-11-9(10)13-8(7)14(5)17-6(3-15)4-16/h2,6,15-16H,3-4H2,1H3,(H2,10,11,13). The van der Waals surface area contributed by atoms with Crippen LogP contribution in [0.3, 0.4) is 0 Å². The minimum atomic E-state index is -0.734. The van der Waals surface area contributed by atoms with Crippen molar-refractivity contribution in [3.63, 3.8) is 0 Å². The van der Waals surface area contributed by atoms with Crippen LogP contribution in [0.1, 0.15) is 5.82 Å². The Labute approximate surface area is 96.6 Å². The molecule has 2 heterocycles. The molecule has 8 nitrogen and oxygen atoms in total. The van der Waals surface area contributed by atoms with Gasteiger partial charge >= 0.3 is 0 Å². The maximum Gasteiger partial charge on any atom is 0.222 e. The third kappa shape index (κ3) is 2.12. The van der Waals surface area contributed by atoms with Crippen LogP contribution in [0.15, 0.2) is 6.20 Å². The number of aliphatic hydroxyl groups is 2. The second-order valence-electron chi connectivity index (χ2n) is 3.48. The van der Waals surface area contributed by atoms with Crippen molar-refractivity contribution in [1.29, 1.82) is 0 Å². The molecule has 0 amide bonds. The first kappa shape index (κ1) is 11.6. The molecule has 0 aliphatic rings. The molecule has 92 valence electrons. The van der Waals surface area contributed by atoms with Crippen LogP contribution < -0.4 is 10.6 Å². The van der Waals surface area contributed by atoms with E-state index >= 15 is 0 Å². The Morgan fingerprint density at radius 1 is 1.41 bits per heavy atom. The number of nitrogens with zero attached hydrogens (tertiary/aromatic N) is 4. The van der Waals surface area contributed by atoms with Gasteiger partial charge in [-0.25, -0.2) is 9.97 Å². The van der Waals surface area contributed by atoms with Crippen molar-refractivity contribution < 1.29 is 15.1 Å². The summed E-state index contributed by atoms with van der Waals surface area (Å²) in [6, 6.07) is 0. The summed E-state index contributed by atoms with van der Waals surface area (Å²) >= 11 is 0. The number of nitrogens with two attached hydrogens (primary N) is 1. The number of aliphatic hydroxyl groups excluding tert-OH is 2. The summed E-state index contributed by atoms with van der Waals surface area (Å²) < 4.78 is 1.32. The van der Waals surface area contributed by atoms with E-state index in [1.807, 2.05) is 0 Å². The molecule has 0 unspecified atom stereocenters. The fourth-order valence-electron chi connectivity index (χ4n) is 1.38. The summed E-state index contributed by atoms with van der Waals surface area (Å²) in [6.45, 7) is 1.09. The van der Waals surface area contributed by atoms with E-state index in [-0.39, 0.29) is 19.2 Å². The lowest BCUT2D eigenvalue weighted by Crippen LogP contribution is -2.32. The zero-order valence-electron chi connectivity index (χ0n) is 9.24. The lowest BCUT2D eigenvalue weighted by molar-refractivity contribution is -0.0261. The first-order chi connectivity index (χ1) is 8.15. The highest BCUT2D eigenvalue weighted by Gasteiger charge is 2.15. The fourth-order valence-corrected chi connectivity index (χ4v) is 1.38. The van der Waals surface area contributed by atoms with Crippen molar-refractivity contribution in [2.45, 2.75) is 13.0 Å². The minimum Gasteiger partial charge on any atom is -0.402 e. The van der Waals surface area contributed by atoms with Crippen molar-refractivity contribution in [3.8, 4) is 0 Å². The number of anilines is 1. The molecule has 0 saturated carbocycles. The van der Waals surface area contributed by atoms with Gasteiger partial charge in [-0.2, -0.15) is 4.98 Å². The number of nitrogen functional groups attached to an aromatic ring is 1. The van der Waals surface area contributed by atoms with Gasteiger partial charge in [-0.1, -0.05) is 0 Å². The zero-order valence-corrected chi connectivity index (χ0v) is 9.24. The van der Waals surface area contributed by atoms with Gasteiger partial charge in [-0.3, -0.25) is 0 Å². The molecular weight excluding hydrogens is 226 g/mol. The van der Waals surface area contributed by atoms with E-state index < -0.39 is 6.10 Å². The number of aryl methyl sites for hydroxylation is 1.